The van der Waals surface area contributed by atoms with Gasteiger partial charge in [-0.15, -0.1) is 0 Å². The summed E-state index contributed by atoms with van der Waals surface area (Å²) >= 11 is 0. The molecule has 0 fully saturated rings. The number of hydrogen-bond donors (Lipinski definition) is 0. The summed E-state index contributed by atoms with van der Waals surface area (Å²) < 4.78 is 16.9. The van der Waals surface area contributed by atoms with Crippen molar-refractivity contribution in [2.24, 2.45) is 0 Å². The van der Waals surface area contributed by atoms with Gasteiger partial charge in [0.15, 0.2) is 6.10 Å². The molecule has 6 nitrogen and oxygen atoms in total. The Hall–Kier alpha value is -3.41. The lowest BCUT2D eigenvalue weighted by Crippen LogP contribution is -2.30. The van der Waals surface area contributed by atoms with E-state index < -0.39 is 6.10 Å². The summed E-state index contributed by atoms with van der Waals surface area (Å²) in [6.07, 6.45) is 80.0. The summed E-state index contributed by atoms with van der Waals surface area (Å²) in [7, 11) is 0. The lowest BCUT2D eigenvalue weighted by molar-refractivity contribution is -0.167. The number of allylic oxidation sites excluding steroid dienone is 14. The Balaban J connectivity index is 4.43. The molecule has 0 amide bonds. The largest absolute Gasteiger partial charge is 0.462 e. The minimum Gasteiger partial charge on any atom is -0.462 e. The maximum absolute atomic E-state index is 12.9. The van der Waals surface area contributed by atoms with E-state index in [2.05, 4.69) is 106 Å². The van der Waals surface area contributed by atoms with Gasteiger partial charge in [-0.2, -0.15) is 0 Å². The molecule has 0 rings (SSSR count). The van der Waals surface area contributed by atoms with Gasteiger partial charge in [-0.3, -0.25) is 14.4 Å². The van der Waals surface area contributed by atoms with Crippen LogP contribution in [0.4, 0.5) is 0 Å². The van der Waals surface area contributed by atoms with Crippen LogP contribution in [0.1, 0.15) is 303 Å². The molecule has 0 radical (unpaired) electrons. The summed E-state index contributed by atoms with van der Waals surface area (Å²) in [4.78, 5) is 38.3. The van der Waals surface area contributed by atoms with Crippen molar-refractivity contribution in [1.29, 1.82) is 0 Å². The molecule has 0 saturated heterocycles. The molecular formula is C67H116O6. The van der Waals surface area contributed by atoms with Gasteiger partial charge < -0.3 is 14.2 Å². The highest BCUT2D eigenvalue weighted by Gasteiger charge is 2.19. The Morgan fingerprint density at radius 1 is 0.301 bits per heavy atom. The van der Waals surface area contributed by atoms with Gasteiger partial charge in [0.2, 0.25) is 0 Å². The fraction of sp³-hybridized carbons (Fsp3) is 0.746. The fourth-order valence-electron chi connectivity index (χ4n) is 8.75. The van der Waals surface area contributed by atoms with Gasteiger partial charge in [-0.05, 0) is 103 Å². The third kappa shape index (κ3) is 59.3. The average Bonchev–Trinajstić information content (AvgIpc) is 3.39. The molecule has 420 valence electrons. The number of hydrogen-bond acceptors (Lipinski definition) is 6. The summed E-state index contributed by atoms with van der Waals surface area (Å²) in [5.74, 6) is -0.912. The zero-order valence-electron chi connectivity index (χ0n) is 48.1. The average molecular weight is 1020 g/mol. The van der Waals surface area contributed by atoms with Crippen LogP contribution in [0.3, 0.4) is 0 Å². The van der Waals surface area contributed by atoms with E-state index in [0.29, 0.717) is 19.3 Å². The Kier molecular flexibility index (Phi) is 58.3. The van der Waals surface area contributed by atoms with Gasteiger partial charge in [0.1, 0.15) is 13.2 Å². The van der Waals surface area contributed by atoms with Crippen LogP contribution < -0.4 is 0 Å². The molecule has 0 aromatic heterocycles. The third-order valence-electron chi connectivity index (χ3n) is 13.4. The maximum Gasteiger partial charge on any atom is 0.306 e. The Morgan fingerprint density at radius 3 is 0.959 bits per heavy atom. The second-order valence-corrected chi connectivity index (χ2v) is 20.6. The zero-order valence-corrected chi connectivity index (χ0v) is 48.1. The Labute approximate surface area is 452 Å². The summed E-state index contributed by atoms with van der Waals surface area (Å²) in [6.45, 7) is 6.52. The van der Waals surface area contributed by atoms with Crippen molar-refractivity contribution in [1.82, 2.24) is 0 Å². The Morgan fingerprint density at radius 2 is 0.589 bits per heavy atom. The van der Waals surface area contributed by atoms with Gasteiger partial charge >= 0.3 is 17.9 Å². The van der Waals surface area contributed by atoms with E-state index in [-0.39, 0.29) is 31.1 Å². The molecule has 0 aromatic rings. The molecule has 73 heavy (non-hydrogen) atoms. The van der Waals surface area contributed by atoms with Crippen LogP contribution in [0, 0.1) is 0 Å². The van der Waals surface area contributed by atoms with E-state index in [0.717, 1.165) is 109 Å². The van der Waals surface area contributed by atoms with Crippen LogP contribution in [0.5, 0.6) is 0 Å². The van der Waals surface area contributed by atoms with Gasteiger partial charge in [0, 0.05) is 19.3 Å². The number of esters is 3. The first-order valence-corrected chi connectivity index (χ1v) is 31.1. The molecule has 0 N–H and O–H groups in total. The highest BCUT2D eigenvalue weighted by atomic mass is 16.6. The first-order valence-electron chi connectivity index (χ1n) is 31.1. The van der Waals surface area contributed by atoms with E-state index in [1.54, 1.807) is 0 Å². The molecule has 0 heterocycles. The number of ether oxygens (including phenoxy) is 3. The van der Waals surface area contributed by atoms with E-state index in [4.69, 9.17) is 14.2 Å². The molecule has 0 aliphatic heterocycles. The monoisotopic (exact) mass is 1020 g/mol. The van der Waals surface area contributed by atoms with Gasteiger partial charge in [-0.1, -0.05) is 266 Å². The van der Waals surface area contributed by atoms with Crippen molar-refractivity contribution in [3.05, 3.63) is 85.1 Å². The molecule has 0 aliphatic rings. The number of rotatable bonds is 56. The van der Waals surface area contributed by atoms with Crippen molar-refractivity contribution >= 4 is 17.9 Å². The fourth-order valence-corrected chi connectivity index (χ4v) is 8.75. The van der Waals surface area contributed by atoms with Crippen molar-refractivity contribution in [2.45, 2.75) is 309 Å². The van der Waals surface area contributed by atoms with Crippen molar-refractivity contribution in [3.8, 4) is 0 Å². The molecule has 0 aromatic carbocycles. The topological polar surface area (TPSA) is 78.9 Å². The first kappa shape index (κ1) is 69.6. The van der Waals surface area contributed by atoms with E-state index in [9.17, 15) is 14.4 Å². The predicted molar refractivity (Wildman–Crippen MR) is 316 cm³/mol. The number of carbonyl (C=O) groups excluding carboxylic acids is 3. The second-order valence-electron chi connectivity index (χ2n) is 20.6. The quantitative estimate of drug-likeness (QED) is 0.0199. The van der Waals surface area contributed by atoms with Crippen molar-refractivity contribution in [3.63, 3.8) is 0 Å². The molecule has 1 unspecified atom stereocenters. The Bertz CT molecular complexity index is 1400. The maximum atomic E-state index is 12.9. The van der Waals surface area contributed by atoms with Crippen LogP contribution in [0.2, 0.25) is 0 Å². The first-order chi connectivity index (χ1) is 36.0. The number of carbonyl (C=O) groups is 3. The molecule has 0 spiro atoms. The zero-order chi connectivity index (χ0) is 52.9. The van der Waals surface area contributed by atoms with E-state index in [1.165, 1.54) is 154 Å². The van der Waals surface area contributed by atoms with E-state index >= 15 is 0 Å². The lowest BCUT2D eigenvalue weighted by atomic mass is 10.1. The van der Waals surface area contributed by atoms with Gasteiger partial charge in [-0.25, -0.2) is 0 Å². The molecule has 0 aliphatic carbocycles. The van der Waals surface area contributed by atoms with Crippen molar-refractivity contribution < 1.29 is 28.6 Å². The standard InChI is InChI=1S/C67H116O6/c1-4-7-10-13-16-19-22-25-28-31-34-37-39-42-45-48-51-54-57-60-66(69)72-63-64(73-67(70)61-58-55-52-49-46-43-40-36-33-30-27-24-21-18-15-12-9-6-3)62-71-65(68)59-56-53-50-47-44-41-38-35-32-29-26-23-20-17-14-11-8-5-2/h7,10,16,19,24-25,27-28,30,33,35-36,38,40,64H,4-6,8-9,11-15,17-18,20-23,26,29,31-32,34,37,39,41-63H2,1-3H3/b10-7-,19-16-,27-24-,28-25-,33-30-,38-35-,40-36-. The highest BCUT2D eigenvalue weighted by molar-refractivity contribution is 5.71. The summed E-state index contributed by atoms with van der Waals surface area (Å²) in [5.41, 5.74) is 0. The predicted octanol–water partition coefficient (Wildman–Crippen LogP) is 21.1. The summed E-state index contributed by atoms with van der Waals surface area (Å²) in [5, 5.41) is 0. The molecule has 0 saturated carbocycles. The smallest absolute Gasteiger partial charge is 0.306 e. The third-order valence-corrected chi connectivity index (χ3v) is 13.4. The number of unbranched alkanes of at least 4 members (excludes halogenated alkanes) is 33. The SMILES string of the molecule is CC/C=C\C/C=C\C/C=C\CCCCCCCCCCCC(=O)OCC(COC(=O)CCCCCCC/C=C\CCCCCCCCCCC)OC(=O)CCCCCCC\C=C/C=C\C=C/CCCCCCC. The molecular weight excluding hydrogens is 901 g/mol. The van der Waals surface area contributed by atoms with Crippen LogP contribution in [-0.2, 0) is 28.6 Å². The van der Waals surface area contributed by atoms with Crippen LogP contribution >= 0.6 is 0 Å². The minimum absolute atomic E-state index is 0.0899. The van der Waals surface area contributed by atoms with Gasteiger partial charge in [0.25, 0.3) is 0 Å². The molecule has 6 heteroatoms. The second kappa shape index (κ2) is 61.1. The van der Waals surface area contributed by atoms with Crippen LogP contribution in [0.15, 0.2) is 85.1 Å². The highest BCUT2D eigenvalue weighted by Crippen LogP contribution is 2.16. The normalized spacial score (nSPS) is 12.6. The molecule has 0 bridgehead atoms. The van der Waals surface area contributed by atoms with E-state index in [1.807, 2.05) is 0 Å². The van der Waals surface area contributed by atoms with Crippen LogP contribution in [0.25, 0.3) is 0 Å². The summed E-state index contributed by atoms with van der Waals surface area (Å²) in [6, 6.07) is 0. The van der Waals surface area contributed by atoms with Gasteiger partial charge in [0.05, 0.1) is 0 Å². The minimum atomic E-state index is -0.795. The van der Waals surface area contributed by atoms with Crippen LogP contribution in [-0.4, -0.2) is 37.2 Å². The lowest BCUT2D eigenvalue weighted by Gasteiger charge is -2.18. The van der Waals surface area contributed by atoms with Crippen molar-refractivity contribution in [2.75, 3.05) is 13.2 Å². The molecule has 1 atom stereocenters.